The van der Waals surface area contributed by atoms with Gasteiger partial charge < -0.3 is 5.32 Å². The molecule has 0 saturated carbocycles. The van der Waals surface area contributed by atoms with Crippen molar-refractivity contribution in [2.75, 3.05) is 18.4 Å². The molecule has 1 fully saturated rings. The lowest BCUT2D eigenvalue weighted by atomic mass is 10.1. The number of anilines is 1. The lowest BCUT2D eigenvalue weighted by Crippen LogP contribution is -2.27. The van der Waals surface area contributed by atoms with Crippen molar-refractivity contribution >= 4 is 32.4 Å². The highest BCUT2D eigenvalue weighted by atomic mass is 32.2. The molecule has 0 atom stereocenters. The maximum absolute atomic E-state index is 12.6. The molecule has 1 saturated heterocycles. The normalized spacial score (nSPS) is 14.9. The van der Waals surface area contributed by atoms with Crippen molar-refractivity contribution in [2.24, 2.45) is 0 Å². The number of rotatable bonds is 5. The summed E-state index contributed by atoms with van der Waals surface area (Å²) in [4.78, 5) is 24.5. The third-order valence-electron chi connectivity index (χ3n) is 4.94. The Morgan fingerprint density at radius 3 is 2.38 bits per heavy atom. The van der Waals surface area contributed by atoms with Gasteiger partial charge in [-0.05, 0) is 43.2 Å². The number of nitrogens with zero attached hydrogens (tertiary/aromatic N) is 2. The summed E-state index contributed by atoms with van der Waals surface area (Å²) in [6.07, 6.45) is 1.73. The van der Waals surface area contributed by atoms with Gasteiger partial charge in [0.15, 0.2) is 0 Å². The summed E-state index contributed by atoms with van der Waals surface area (Å²) >= 11 is 0. The molecule has 150 valence electrons. The molecule has 1 aliphatic rings. The van der Waals surface area contributed by atoms with Crippen LogP contribution in [0.1, 0.15) is 18.5 Å². The zero-order chi connectivity index (χ0) is 20.4. The Hall–Kier alpha value is -3.04. The predicted octanol–water partition coefficient (Wildman–Crippen LogP) is 1.89. The van der Waals surface area contributed by atoms with Gasteiger partial charge in [0, 0.05) is 24.2 Å². The van der Waals surface area contributed by atoms with Crippen LogP contribution in [0.4, 0.5) is 5.69 Å². The van der Waals surface area contributed by atoms with E-state index in [1.807, 2.05) is 0 Å². The molecular formula is C20H20N4O4S. The van der Waals surface area contributed by atoms with Crippen molar-refractivity contribution in [3.63, 3.8) is 0 Å². The van der Waals surface area contributed by atoms with Crippen molar-refractivity contribution in [3.8, 4) is 0 Å². The molecule has 1 aromatic heterocycles. The van der Waals surface area contributed by atoms with E-state index in [1.165, 1.54) is 16.4 Å². The highest BCUT2D eigenvalue weighted by Gasteiger charge is 2.26. The van der Waals surface area contributed by atoms with E-state index in [0.717, 1.165) is 12.8 Å². The van der Waals surface area contributed by atoms with Crippen LogP contribution in [0, 0.1) is 0 Å². The van der Waals surface area contributed by atoms with Gasteiger partial charge in [0.1, 0.15) is 0 Å². The molecule has 2 N–H and O–H groups in total. The first-order valence-corrected chi connectivity index (χ1v) is 10.8. The van der Waals surface area contributed by atoms with Crippen LogP contribution >= 0.6 is 0 Å². The van der Waals surface area contributed by atoms with E-state index in [9.17, 15) is 18.0 Å². The first kappa shape index (κ1) is 19.3. The second-order valence-electron chi connectivity index (χ2n) is 6.91. The molecule has 0 aliphatic carbocycles. The topological polar surface area (TPSA) is 112 Å². The van der Waals surface area contributed by atoms with Crippen LogP contribution in [0.3, 0.4) is 0 Å². The molecule has 1 amide bonds. The minimum atomic E-state index is -3.48. The second-order valence-corrected chi connectivity index (χ2v) is 8.84. The number of fused-ring (bicyclic) bond motifs is 1. The van der Waals surface area contributed by atoms with Gasteiger partial charge in [-0.25, -0.2) is 13.5 Å². The summed E-state index contributed by atoms with van der Waals surface area (Å²) in [5.41, 5.74) is 0.648. The molecule has 29 heavy (non-hydrogen) atoms. The van der Waals surface area contributed by atoms with E-state index < -0.39 is 10.0 Å². The summed E-state index contributed by atoms with van der Waals surface area (Å²) in [5, 5.41) is 10.2. The van der Waals surface area contributed by atoms with E-state index in [-0.39, 0.29) is 22.8 Å². The minimum absolute atomic E-state index is 0.0227. The number of nitrogens with one attached hydrogen (secondary N) is 2. The number of H-pyrrole nitrogens is 1. The monoisotopic (exact) mass is 412 g/mol. The van der Waals surface area contributed by atoms with E-state index in [0.29, 0.717) is 35.2 Å². The standard InChI is InChI=1S/C20H20N4O4S/c25-19(13-18-16-5-1-2-6-17(16)20(26)23-22-18)21-14-7-9-15(10-8-14)29(27,28)24-11-3-4-12-24/h1-2,5-10H,3-4,11-13H2,(H,21,25)(H,23,26). The number of carbonyl (C=O) groups is 1. The maximum Gasteiger partial charge on any atom is 0.272 e. The number of amides is 1. The second kappa shape index (κ2) is 7.76. The van der Waals surface area contributed by atoms with Gasteiger partial charge in [0.2, 0.25) is 15.9 Å². The van der Waals surface area contributed by atoms with Crippen LogP contribution in [0.15, 0.2) is 58.2 Å². The fourth-order valence-corrected chi connectivity index (χ4v) is 4.97. The zero-order valence-corrected chi connectivity index (χ0v) is 16.4. The van der Waals surface area contributed by atoms with Crippen LogP contribution in [-0.2, 0) is 21.2 Å². The number of aromatic nitrogens is 2. The van der Waals surface area contributed by atoms with Crippen molar-refractivity contribution in [3.05, 3.63) is 64.6 Å². The van der Waals surface area contributed by atoms with Gasteiger partial charge in [-0.3, -0.25) is 9.59 Å². The number of hydrogen-bond acceptors (Lipinski definition) is 5. The first-order chi connectivity index (χ1) is 13.9. The van der Waals surface area contributed by atoms with Gasteiger partial charge in [0.25, 0.3) is 5.56 Å². The molecule has 0 unspecified atom stereocenters. The molecule has 9 heteroatoms. The Bertz CT molecular complexity index is 1210. The SMILES string of the molecule is O=C(Cc1n[nH]c(=O)c2ccccc12)Nc1ccc(S(=O)(=O)N2CCCC2)cc1. The average Bonchev–Trinajstić information content (AvgIpc) is 3.27. The van der Waals surface area contributed by atoms with Gasteiger partial charge in [0.05, 0.1) is 22.4 Å². The number of benzene rings is 2. The molecule has 2 heterocycles. The van der Waals surface area contributed by atoms with Crippen LogP contribution in [0.2, 0.25) is 0 Å². The Morgan fingerprint density at radius 1 is 1.03 bits per heavy atom. The predicted molar refractivity (Wildman–Crippen MR) is 109 cm³/mol. The number of aromatic amines is 1. The maximum atomic E-state index is 12.6. The third kappa shape index (κ3) is 3.92. The molecule has 1 aliphatic heterocycles. The minimum Gasteiger partial charge on any atom is -0.326 e. The molecule has 8 nitrogen and oxygen atoms in total. The molecular weight excluding hydrogens is 392 g/mol. The summed E-state index contributed by atoms with van der Waals surface area (Å²) in [5.74, 6) is -0.315. The summed E-state index contributed by atoms with van der Waals surface area (Å²) < 4.78 is 26.6. The molecule has 2 aromatic carbocycles. The van der Waals surface area contributed by atoms with Crippen molar-refractivity contribution in [1.29, 1.82) is 0 Å². The Morgan fingerprint density at radius 2 is 1.69 bits per heavy atom. The molecule has 0 spiro atoms. The number of carbonyl (C=O) groups excluding carboxylic acids is 1. The molecule has 0 bridgehead atoms. The van der Waals surface area contributed by atoms with E-state index in [2.05, 4.69) is 15.5 Å². The van der Waals surface area contributed by atoms with Gasteiger partial charge >= 0.3 is 0 Å². The van der Waals surface area contributed by atoms with E-state index >= 15 is 0 Å². The summed E-state index contributed by atoms with van der Waals surface area (Å²) in [6, 6.07) is 13.1. The fourth-order valence-electron chi connectivity index (χ4n) is 3.45. The Balaban J connectivity index is 1.48. The van der Waals surface area contributed by atoms with E-state index in [4.69, 9.17) is 0 Å². The largest absolute Gasteiger partial charge is 0.326 e. The zero-order valence-electron chi connectivity index (χ0n) is 15.6. The molecule has 3 aromatic rings. The number of sulfonamides is 1. The Labute approximate surface area is 167 Å². The van der Waals surface area contributed by atoms with Crippen LogP contribution < -0.4 is 10.9 Å². The van der Waals surface area contributed by atoms with Gasteiger partial charge in [-0.2, -0.15) is 9.40 Å². The lowest BCUT2D eigenvalue weighted by Gasteiger charge is -2.15. The van der Waals surface area contributed by atoms with E-state index in [1.54, 1.807) is 36.4 Å². The van der Waals surface area contributed by atoms with Crippen LogP contribution in [0.25, 0.3) is 10.8 Å². The average molecular weight is 412 g/mol. The highest BCUT2D eigenvalue weighted by Crippen LogP contribution is 2.22. The summed E-state index contributed by atoms with van der Waals surface area (Å²) in [6.45, 7) is 1.09. The van der Waals surface area contributed by atoms with Crippen LogP contribution in [-0.4, -0.2) is 41.9 Å². The highest BCUT2D eigenvalue weighted by molar-refractivity contribution is 7.89. The smallest absolute Gasteiger partial charge is 0.272 e. The Kier molecular flexibility index (Phi) is 5.16. The molecule has 4 rings (SSSR count). The van der Waals surface area contributed by atoms with Crippen molar-refractivity contribution < 1.29 is 13.2 Å². The third-order valence-corrected chi connectivity index (χ3v) is 6.86. The lowest BCUT2D eigenvalue weighted by molar-refractivity contribution is -0.115. The molecule has 0 radical (unpaired) electrons. The summed E-state index contributed by atoms with van der Waals surface area (Å²) in [7, 11) is -3.48. The van der Waals surface area contributed by atoms with Gasteiger partial charge in [-0.15, -0.1) is 0 Å². The van der Waals surface area contributed by atoms with Gasteiger partial charge in [-0.1, -0.05) is 18.2 Å². The van der Waals surface area contributed by atoms with Crippen LogP contribution in [0.5, 0.6) is 0 Å². The first-order valence-electron chi connectivity index (χ1n) is 9.31. The quantitative estimate of drug-likeness (QED) is 0.665. The number of hydrogen-bond donors (Lipinski definition) is 2. The van der Waals surface area contributed by atoms with Crippen molar-refractivity contribution in [2.45, 2.75) is 24.2 Å². The van der Waals surface area contributed by atoms with Crippen molar-refractivity contribution in [1.82, 2.24) is 14.5 Å². The fraction of sp³-hybridized carbons (Fsp3) is 0.250.